The number of aromatic amines is 1. The van der Waals surface area contributed by atoms with Crippen LogP contribution in [0, 0.1) is 10.1 Å². The van der Waals surface area contributed by atoms with Crippen molar-refractivity contribution >= 4 is 23.6 Å². The quantitative estimate of drug-likeness (QED) is 0.254. The maximum absolute atomic E-state index is 12.2. The van der Waals surface area contributed by atoms with Crippen LogP contribution in [-0.2, 0) is 33.3 Å². The van der Waals surface area contributed by atoms with Crippen molar-refractivity contribution in [3.05, 3.63) is 37.1 Å². The van der Waals surface area contributed by atoms with E-state index in [4.69, 9.17) is 18.9 Å². The number of aromatic nitrogens is 2. The minimum Gasteiger partial charge on any atom is -0.463 e. The molecule has 2 heterocycles. The third kappa shape index (κ3) is 5.04. The lowest BCUT2D eigenvalue weighted by molar-refractivity contribution is -0.387. The minimum absolute atomic E-state index is 0.429. The molecule has 0 bridgehead atoms. The highest BCUT2D eigenvalue weighted by atomic mass is 16.7. The molecule has 1 N–H and O–H groups in total. The maximum atomic E-state index is 12.2. The number of esters is 3. The van der Waals surface area contributed by atoms with Gasteiger partial charge in [0.1, 0.15) is 12.7 Å². The number of rotatable bonds is 6. The molecule has 1 aliphatic rings. The van der Waals surface area contributed by atoms with E-state index >= 15 is 0 Å². The van der Waals surface area contributed by atoms with Gasteiger partial charge in [-0.2, -0.15) is 0 Å². The summed E-state index contributed by atoms with van der Waals surface area (Å²) in [5.74, 6) is -2.30. The van der Waals surface area contributed by atoms with Gasteiger partial charge in [-0.25, -0.2) is 4.79 Å². The molecule has 1 aromatic rings. The number of hydrogen-bond donors (Lipinski definition) is 1. The van der Waals surface area contributed by atoms with E-state index < -0.39 is 70.9 Å². The monoisotopic (exact) mass is 415 g/mol. The molecule has 1 fully saturated rings. The predicted molar refractivity (Wildman–Crippen MR) is 89.6 cm³/mol. The normalized spacial score (nSPS) is 23.3. The Labute approximate surface area is 161 Å². The van der Waals surface area contributed by atoms with Crippen LogP contribution >= 0.6 is 0 Å². The van der Waals surface area contributed by atoms with Crippen molar-refractivity contribution in [2.24, 2.45) is 0 Å². The van der Waals surface area contributed by atoms with Gasteiger partial charge < -0.3 is 18.9 Å². The number of nitrogens with one attached hydrogen (secondary N) is 1. The van der Waals surface area contributed by atoms with Crippen molar-refractivity contribution in [2.75, 3.05) is 6.61 Å². The van der Waals surface area contributed by atoms with E-state index in [9.17, 15) is 34.1 Å². The second-order valence-corrected chi connectivity index (χ2v) is 5.95. The van der Waals surface area contributed by atoms with Gasteiger partial charge in [0.25, 0.3) is 0 Å². The first-order valence-electron chi connectivity index (χ1n) is 8.14. The Bertz CT molecular complexity index is 950. The predicted octanol–water partition coefficient (Wildman–Crippen LogP) is -1.23. The number of H-pyrrole nitrogens is 1. The lowest BCUT2D eigenvalue weighted by Gasteiger charge is -2.23. The van der Waals surface area contributed by atoms with Crippen molar-refractivity contribution in [3.8, 4) is 0 Å². The van der Waals surface area contributed by atoms with Gasteiger partial charge in [0.05, 0.1) is 11.1 Å². The molecule has 2 rings (SSSR count). The van der Waals surface area contributed by atoms with Crippen LogP contribution in [0.3, 0.4) is 0 Å². The Hall–Kier alpha value is -3.55. The number of carbonyl (C=O) groups excluding carboxylic acids is 3. The summed E-state index contributed by atoms with van der Waals surface area (Å²) in [4.78, 5) is 69.7. The molecule has 4 atom stereocenters. The van der Waals surface area contributed by atoms with Gasteiger partial charge >= 0.3 is 34.8 Å². The number of hydrogen-bond acceptors (Lipinski definition) is 11. The molecule has 158 valence electrons. The van der Waals surface area contributed by atoms with Crippen molar-refractivity contribution < 1.29 is 38.3 Å². The molecule has 1 saturated heterocycles. The Morgan fingerprint density at radius 2 is 1.72 bits per heavy atom. The fourth-order valence-electron chi connectivity index (χ4n) is 2.71. The van der Waals surface area contributed by atoms with Gasteiger partial charge in [0.2, 0.25) is 0 Å². The van der Waals surface area contributed by atoms with E-state index in [-0.39, 0.29) is 0 Å². The second kappa shape index (κ2) is 8.64. The Morgan fingerprint density at radius 3 is 2.24 bits per heavy atom. The molecule has 29 heavy (non-hydrogen) atoms. The molecule has 14 heteroatoms. The van der Waals surface area contributed by atoms with Crippen LogP contribution in [0.1, 0.15) is 27.0 Å². The zero-order chi connectivity index (χ0) is 21.9. The van der Waals surface area contributed by atoms with Gasteiger partial charge in [0, 0.05) is 20.8 Å². The zero-order valence-corrected chi connectivity index (χ0v) is 15.5. The average Bonchev–Trinajstić information content (AvgIpc) is 2.89. The molecule has 0 amide bonds. The zero-order valence-electron chi connectivity index (χ0n) is 15.5. The Kier molecular flexibility index (Phi) is 6.48. The highest BCUT2D eigenvalue weighted by Crippen LogP contribution is 2.33. The maximum Gasteiger partial charge on any atom is 0.350 e. The van der Waals surface area contributed by atoms with Crippen LogP contribution in [-0.4, -0.2) is 57.3 Å². The standard InChI is InChI=1S/C15H17N3O11/c1-6(19)26-5-10-11(27-7(2)20)12(28-8(3)21)14(29-10)17-4-9(18(24)25)13(22)16-15(17)23/h4,10-12,14H,5H2,1-3H3,(H,16,22,23)/t10-,11-,12+,14-/m1/s1. The van der Waals surface area contributed by atoms with Gasteiger partial charge in [-0.15, -0.1) is 0 Å². The molecular weight excluding hydrogens is 398 g/mol. The largest absolute Gasteiger partial charge is 0.463 e. The molecule has 1 aliphatic heterocycles. The second-order valence-electron chi connectivity index (χ2n) is 5.95. The van der Waals surface area contributed by atoms with E-state index in [1.54, 1.807) is 4.98 Å². The SMILES string of the molecule is CC(=O)OC[C@H]1O[C@@H](n2cc([N+](=O)[O-])c(=O)[nH]c2=O)[C@@H](OC(C)=O)[C@@H]1OC(C)=O. The molecule has 1 aromatic heterocycles. The summed E-state index contributed by atoms with van der Waals surface area (Å²) in [7, 11) is 0. The van der Waals surface area contributed by atoms with E-state index in [1.165, 1.54) is 0 Å². The molecule has 14 nitrogen and oxygen atoms in total. The third-order valence-electron chi connectivity index (χ3n) is 3.76. The molecule has 0 saturated carbocycles. The third-order valence-corrected chi connectivity index (χ3v) is 3.76. The minimum atomic E-state index is -1.52. The van der Waals surface area contributed by atoms with Crippen molar-refractivity contribution in [1.29, 1.82) is 0 Å². The molecule has 0 aliphatic carbocycles. The van der Waals surface area contributed by atoms with Crippen LogP contribution in [0.15, 0.2) is 15.8 Å². The topological polar surface area (TPSA) is 186 Å². The van der Waals surface area contributed by atoms with Crippen molar-refractivity contribution in [1.82, 2.24) is 9.55 Å². The van der Waals surface area contributed by atoms with Gasteiger partial charge in [-0.1, -0.05) is 0 Å². The summed E-state index contributed by atoms with van der Waals surface area (Å²) >= 11 is 0. The van der Waals surface area contributed by atoms with Gasteiger partial charge in [-0.3, -0.25) is 38.8 Å². The van der Waals surface area contributed by atoms with Gasteiger partial charge in [0.15, 0.2) is 18.4 Å². The number of nitro groups is 1. The number of carbonyl (C=O) groups is 3. The molecule has 0 unspecified atom stereocenters. The van der Waals surface area contributed by atoms with E-state index in [0.29, 0.717) is 10.8 Å². The van der Waals surface area contributed by atoms with Gasteiger partial charge in [-0.05, 0) is 0 Å². The lowest BCUT2D eigenvalue weighted by Crippen LogP contribution is -2.42. The van der Waals surface area contributed by atoms with Crippen molar-refractivity contribution in [2.45, 2.75) is 45.3 Å². The molecule has 0 aromatic carbocycles. The lowest BCUT2D eigenvalue weighted by atomic mass is 10.1. The first-order valence-corrected chi connectivity index (χ1v) is 8.14. The Balaban J connectivity index is 2.54. The van der Waals surface area contributed by atoms with E-state index in [2.05, 4.69) is 0 Å². The fourth-order valence-corrected chi connectivity index (χ4v) is 2.71. The summed E-state index contributed by atoms with van der Waals surface area (Å²) in [6.07, 6.45) is -4.82. The fraction of sp³-hybridized carbons (Fsp3) is 0.533. The van der Waals surface area contributed by atoms with Crippen LogP contribution in [0.2, 0.25) is 0 Å². The number of nitrogens with zero attached hydrogens (tertiary/aromatic N) is 2. The van der Waals surface area contributed by atoms with Crippen molar-refractivity contribution in [3.63, 3.8) is 0 Å². The molecule has 0 spiro atoms. The van der Waals surface area contributed by atoms with E-state index in [0.717, 1.165) is 20.8 Å². The Morgan fingerprint density at radius 1 is 1.14 bits per heavy atom. The number of ether oxygens (including phenoxy) is 4. The summed E-state index contributed by atoms with van der Waals surface area (Å²) in [6, 6.07) is 0. The summed E-state index contributed by atoms with van der Waals surface area (Å²) in [5.41, 5.74) is -3.31. The summed E-state index contributed by atoms with van der Waals surface area (Å²) < 4.78 is 21.2. The highest BCUT2D eigenvalue weighted by molar-refractivity contribution is 5.68. The highest BCUT2D eigenvalue weighted by Gasteiger charge is 2.51. The van der Waals surface area contributed by atoms with Crippen LogP contribution in [0.25, 0.3) is 0 Å². The van der Waals surface area contributed by atoms with Crippen LogP contribution < -0.4 is 11.2 Å². The smallest absolute Gasteiger partial charge is 0.350 e. The molecular formula is C15H17N3O11. The summed E-state index contributed by atoms with van der Waals surface area (Å²) in [6.45, 7) is 2.80. The van der Waals surface area contributed by atoms with Crippen LogP contribution in [0.5, 0.6) is 0 Å². The average molecular weight is 415 g/mol. The van der Waals surface area contributed by atoms with E-state index in [1.807, 2.05) is 0 Å². The first kappa shape index (κ1) is 21.7. The first-order chi connectivity index (χ1) is 13.5. The van der Waals surface area contributed by atoms with Crippen LogP contribution in [0.4, 0.5) is 5.69 Å². The molecule has 0 radical (unpaired) electrons. The summed E-state index contributed by atoms with van der Waals surface area (Å²) in [5, 5.41) is 11.0.